The molecule has 16 heavy (non-hydrogen) atoms. The van der Waals surface area contributed by atoms with Gasteiger partial charge in [0.05, 0.1) is 11.7 Å². The molecule has 7 heteroatoms. The minimum absolute atomic E-state index is 0.0538. The van der Waals surface area contributed by atoms with E-state index in [0.29, 0.717) is 6.20 Å². The standard InChI is InChI=1S/C9H10ClF3N2O/c10-8-6(7(16)1-2-14)3-5(4-15-8)9(11,12)13/h3-4,7,16H,1-2,14H2. The van der Waals surface area contributed by atoms with Crippen molar-refractivity contribution in [2.24, 2.45) is 5.73 Å². The van der Waals surface area contributed by atoms with Crippen LogP contribution in [0.2, 0.25) is 5.15 Å². The molecule has 0 aromatic carbocycles. The number of aliphatic hydroxyl groups excluding tert-OH is 1. The number of aliphatic hydroxyl groups is 1. The quantitative estimate of drug-likeness (QED) is 0.813. The van der Waals surface area contributed by atoms with E-state index in [1.807, 2.05) is 0 Å². The average molecular weight is 255 g/mol. The molecular weight excluding hydrogens is 245 g/mol. The van der Waals surface area contributed by atoms with Gasteiger partial charge in [-0.15, -0.1) is 0 Å². The number of nitrogens with zero attached hydrogens (tertiary/aromatic N) is 1. The summed E-state index contributed by atoms with van der Waals surface area (Å²) in [6.07, 6.45) is -4.88. The Balaban J connectivity index is 3.09. The number of hydrogen-bond acceptors (Lipinski definition) is 3. The third-order valence-corrected chi connectivity index (χ3v) is 2.31. The minimum atomic E-state index is -4.51. The highest BCUT2D eigenvalue weighted by molar-refractivity contribution is 6.30. The van der Waals surface area contributed by atoms with Gasteiger partial charge in [-0.1, -0.05) is 11.6 Å². The molecule has 0 aliphatic heterocycles. The van der Waals surface area contributed by atoms with Gasteiger partial charge in [-0.25, -0.2) is 4.98 Å². The first-order valence-corrected chi connectivity index (χ1v) is 4.85. The van der Waals surface area contributed by atoms with Gasteiger partial charge in [0.2, 0.25) is 0 Å². The van der Waals surface area contributed by atoms with Crippen molar-refractivity contribution in [3.05, 3.63) is 28.5 Å². The summed E-state index contributed by atoms with van der Waals surface area (Å²) < 4.78 is 37.1. The van der Waals surface area contributed by atoms with Crippen LogP contribution in [0.4, 0.5) is 13.2 Å². The average Bonchev–Trinajstić information content (AvgIpc) is 2.16. The molecule has 3 N–H and O–H groups in total. The third kappa shape index (κ3) is 3.07. The van der Waals surface area contributed by atoms with E-state index in [0.717, 1.165) is 6.07 Å². The summed E-state index contributed by atoms with van der Waals surface area (Å²) in [7, 11) is 0. The summed E-state index contributed by atoms with van der Waals surface area (Å²) in [5, 5.41) is 9.38. The Hall–Kier alpha value is -0.850. The zero-order valence-corrected chi connectivity index (χ0v) is 8.89. The first kappa shape index (κ1) is 13.2. The second kappa shape index (κ2) is 4.99. The Morgan fingerprint density at radius 3 is 2.62 bits per heavy atom. The van der Waals surface area contributed by atoms with Crippen molar-refractivity contribution in [3.8, 4) is 0 Å². The van der Waals surface area contributed by atoms with Gasteiger partial charge in [0.25, 0.3) is 0 Å². The molecule has 0 radical (unpaired) electrons. The number of hydrogen-bond donors (Lipinski definition) is 2. The van der Waals surface area contributed by atoms with E-state index in [4.69, 9.17) is 17.3 Å². The zero-order chi connectivity index (χ0) is 12.3. The monoisotopic (exact) mass is 254 g/mol. The van der Waals surface area contributed by atoms with Gasteiger partial charge in [0.1, 0.15) is 5.15 Å². The van der Waals surface area contributed by atoms with Gasteiger partial charge in [-0.2, -0.15) is 13.2 Å². The van der Waals surface area contributed by atoms with Crippen LogP contribution in [0.15, 0.2) is 12.3 Å². The van der Waals surface area contributed by atoms with Crippen molar-refractivity contribution in [1.29, 1.82) is 0 Å². The number of rotatable bonds is 3. The number of pyridine rings is 1. The summed E-state index contributed by atoms with van der Waals surface area (Å²) >= 11 is 5.60. The lowest BCUT2D eigenvalue weighted by Crippen LogP contribution is -2.11. The Kier molecular flexibility index (Phi) is 4.12. The molecule has 0 spiro atoms. The highest BCUT2D eigenvalue weighted by Crippen LogP contribution is 2.32. The van der Waals surface area contributed by atoms with Gasteiger partial charge in [-0.05, 0) is 19.0 Å². The van der Waals surface area contributed by atoms with Gasteiger partial charge >= 0.3 is 6.18 Å². The second-order valence-corrected chi connectivity index (χ2v) is 3.55. The Bertz CT molecular complexity index is 370. The van der Waals surface area contributed by atoms with Gasteiger partial charge in [-0.3, -0.25) is 0 Å². The molecule has 0 fully saturated rings. The summed E-state index contributed by atoms with van der Waals surface area (Å²) in [5.74, 6) is 0. The molecule has 90 valence electrons. The molecule has 1 aromatic rings. The van der Waals surface area contributed by atoms with E-state index >= 15 is 0 Å². The van der Waals surface area contributed by atoms with Crippen molar-refractivity contribution >= 4 is 11.6 Å². The van der Waals surface area contributed by atoms with E-state index in [1.165, 1.54) is 0 Å². The molecular formula is C9H10ClF3N2O. The van der Waals surface area contributed by atoms with E-state index in [2.05, 4.69) is 4.98 Å². The van der Waals surface area contributed by atoms with Crippen molar-refractivity contribution in [2.75, 3.05) is 6.54 Å². The lowest BCUT2D eigenvalue weighted by atomic mass is 10.1. The van der Waals surface area contributed by atoms with E-state index in [9.17, 15) is 18.3 Å². The lowest BCUT2D eigenvalue weighted by molar-refractivity contribution is -0.137. The van der Waals surface area contributed by atoms with Crippen molar-refractivity contribution < 1.29 is 18.3 Å². The van der Waals surface area contributed by atoms with Crippen molar-refractivity contribution in [1.82, 2.24) is 4.98 Å². The first-order chi connectivity index (χ1) is 7.36. The maximum Gasteiger partial charge on any atom is 0.417 e. The molecule has 0 bridgehead atoms. The highest BCUT2D eigenvalue weighted by Gasteiger charge is 2.32. The smallest absolute Gasteiger partial charge is 0.388 e. The van der Waals surface area contributed by atoms with Crippen LogP contribution in [-0.2, 0) is 6.18 Å². The van der Waals surface area contributed by atoms with Crippen molar-refractivity contribution in [2.45, 2.75) is 18.7 Å². The van der Waals surface area contributed by atoms with Crippen LogP contribution < -0.4 is 5.73 Å². The molecule has 3 nitrogen and oxygen atoms in total. The number of alkyl halides is 3. The highest BCUT2D eigenvalue weighted by atomic mass is 35.5. The topological polar surface area (TPSA) is 59.1 Å². The summed E-state index contributed by atoms with van der Waals surface area (Å²) in [4.78, 5) is 3.39. The van der Waals surface area contributed by atoms with Crippen LogP contribution in [-0.4, -0.2) is 16.6 Å². The number of nitrogens with two attached hydrogens (primary N) is 1. The molecule has 0 aliphatic rings. The molecule has 1 rings (SSSR count). The third-order valence-electron chi connectivity index (χ3n) is 1.99. The predicted molar refractivity (Wildman–Crippen MR) is 52.9 cm³/mol. The van der Waals surface area contributed by atoms with Gasteiger partial charge in [0, 0.05) is 11.8 Å². The fourth-order valence-electron chi connectivity index (χ4n) is 1.17. The normalized spacial score (nSPS) is 13.9. The minimum Gasteiger partial charge on any atom is -0.388 e. The summed E-state index contributed by atoms with van der Waals surface area (Å²) in [5.41, 5.74) is 4.20. The van der Waals surface area contributed by atoms with Crippen molar-refractivity contribution in [3.63, 3.8) is 0 Å². The molecule has 1 heterocycles. The maximum absolute atomic E-state index is 12.4. The molecule has 0 saturated heterocycles. The predicted octanol–water partition coefficient (Wildman–Crippen LogP) is 2.14. The van der Waals surface area contributed by atoms with E-state index < -0.39 is 17.8 Å². The van der Waals surface area contributed by atoms with Gasteiger partial charge in [0.15, 0.2) is 0 Å². The van der Waals surface area contributed by atoms with E-state index in [-0.39, 0.29) is 23.7 Å². The van der Waals surface area contributed by atoms with Crippen LogP contribution >= 0.6 is 11.6 Å². The Labute approximate surface area is 95.0 Å². The Morgan fingerprint density at radius 1 is 1.50 bits per heavy atom. The molecule has 1 unspecified atom stereocenters. The largest absolute Gasteiger partial charge is 0.417 e. The number of aromatic nitrogens is 1. The number of halogens is 4. The van der Waals surface area contributed by atoms with Crippen LogP contribution in [0, 0.1) is 0 Å². The first-order valence-electron chi connectivity index (χ1n) is 4.47. The molecule has 0 aliphatic carbocycles. The molecule has 0 saturated carbocycles. The second-order valence-electron chi connectivity index (χ2n) is 3.19. The molecule has 0 amide bonds. The van der Waals surface area contributed by atoms with Crippen LogP contribution in [0.5, 0.6) is 0 Å². The van der Waals surface area contributed by atoms with Crippen LogP contribution in [0.25, 0.3) is 0 Å². The Morgan fingerprint density at radius 2 is 2.12 bits per heavy atom. The van der Waals surface area contributed by atoms with Crippen LogP contribution in [0.1, 0.15) is 23.7 Å². The van der Waals surface area contributed by atoms with Gasteiger partial charge < -0.3 is 10.8 Å². The lowest BCUT2D eigenvalue weighted by Gasteiger charge is -2.13. The van der Waals surface area contributed by atoms with Crippen LogP contribution in [0.3, 0.4) is 0 Å². The van der Waals surface area contributed by atoms with E-state index in [1.54, 1.807) is 0 Å². The molecule has 1 aromatic heterocycles. The fraction of sp³-hybridized carbons (Fsp3) is 0.444. The summed E-state index contributed by atoms with van der Waals surface area (Å²) in [6, 6.07) is 0.787. The maximum atomic E-state index is 12.4. The zero-order valence-electron chi connectivity index (χ0n) is 8.13. The molecule has 1 atom stereocenters. The fourth-order valence-corrected chi connectivity index (χ4v) is 1.40. The summed E-state index contributed by atoms with van der Waals surface area (Å²) in [6.45, 7) is 0.147. The SMILES string of the molecule is NCCC(O)c1cc(C(F)(F)F)cnc1Cl.